The second kappa shape index (κ2) is 5.25. The van der Waals surface area contributed by atoms with E-state index in [2.05, 4.69) is 18.7 Å². The summed E-state index contributed by atoms with van der Waals surface area (Å²) in [6, 6.07) is 0.373. The van der Waals surface area contributed by atoms with Crippen LogP contribution in [0.15, 0.2) is 0 Å². The van der Waals surface area contributed by atoms with Gasteiger partial charge in [0.15, 0.2) is 0 Å². The van der Waals surface area contributed by atoms with Gasteiger partial charge < -0.3 is 10.8 Å². The Bertz CT molecular complexity index is 251. The lowest BCUT2D eigenvalue weighted by atomic mass is 9.85. The van der Waals surface area contributed by atoms with Gasteiger partial charge in [0, 0.05) is 12.1 Å². The Morgan fingerprint density at radius 3 is 2.59 bits per heavy atom. The Morgan fingerprint density at radius 2 is 2.00 bits per heavy atom. The highest BCUT2D eigenvalue weighted by molar-refractivity contribution is 4.94. The predicted molar refractivity (Wildman–Crippen MR) is 70.8 cm³/mol. The largest absolute Gasteiger partial charge is 0.395 e. The van der Waals surface area contributed by atoms with Gasteiger partial charge in [-0.05, 0) is 56.5 Å². The minimum atomic E-state index is 0.182. The van der Waals surface area contributed by atoms with Crippen LogP contribution >= 0.6 is 0 Å². The summed E-state index contributed by atoms with van der Waals surface area (Å²) in [6.07, 6.45) is 6.27. The molecule has 0 aromatic carbocycles. The van der Waals surface area contributed by atoms with E-state index in [0.717, 1.165) is 13.1 Å². The molecule has 2 atom stereocenters. The number of aliphatic hydroxyl groups excluding tert-OH is 1. The number of hydrogen-bond acceptors (Lipinski definition) is 3. The highest BCUT2D eigenvalue weighted by atomic mass is 16.3. The van der Waals surface area contributed by atoms with Gasteiger partial charge in [-0.1, -0.05) is 13.8 Å². The molecule has 0 aromatic heterocycles. The number of nitrogens with zero attached hydrogens (tertiary/aromatic N) is 1. The molecule has 0 spiro atoms. The Labute approximate surface area is 105 Å². The van der Waals surface area contributed by atoms with Gasteiger partial charge in [0.1, 0.15) is 0 Å². The summed E-state index contributed by atoms with van der Waals surface area (Å²) in [5.74, 6) is 0.670. The van der Waals surface area contributed by atoms with Crippen LogP contribution in [0.1, 0.15) is 46.0 Å². The maximum atomic E-state index is 9.63. The third-order valence-electron chi connectivity index (χ3n) is 4.64. The zero-order valence-corrected chi connectivity index (χ0v) is 11.4. The Hall–Kier alpha value is -0.120. The Morgan fingerprint density at radius 1 is 1.29 bits per heavy atom. The van der Waals surface area contributed by atoms with Crippen molar-refractivity contribution in [2.24, 2.45) is 17.1 Å². The Kier molecular flexibility index (Phi) is 4.11. The minimum Gasteiger partial charge on any atom is -0.395 e. The zero-order chi connectivity index (χ0) is 12.5. The monoisotopic (exact) mass is 240 g/mol. The molecule has 1 heterocycles. The fraction of sp³-hybridized carbons (Fsp3) is 1.00. The maximum Gasteiger partial charge on any atom is 0.0602 e. The summed E-state index contributed by atoms with van der Waals surface area (Å²) in [4.78, 5) is 2.44. The van der Waals surface area contributed by atoms with Crippen LogP contribution in [0.25, 0.3) is 0 Å². The lowest BCUT2D eigenvalue weighted by molar-refractivity contribution is 0.0983. The smallest absolute Gasteiger partial charge is 0.0602 e. The van der Waals surface area contributed by atoms with Crippen molar-refractivity contribution in [1.82, 2.24) is 4.90 Å². The van der Waals surface area contributed by atoms with E-state index < -0.39 is 0 Å². The molecule has 100 valence electrons. The molecule has 2 fully saturated rings. The highest BCUT2D eigenvalue weighted by Crippen LogP contribution is 2.35. The average molecular weight is 240 g/mol. The molecule has 3 nitrogen and oxygen atoms in total. The molecule has 1 aliphatic heterocycles. The summed E-state index contributed by atoms with van der Waals surface area (Å²) in [5.41, 5.74) is 6.74. The quantitative estimate of drug-likeness (QED) is 0.784. The number of nitrogens with two attached hydrogens (primary N) is 1. The topological polar surface area (TPSA) is 49.5 Å². The van der Waals surface area contributed by atoms with Crippen molar-refractivity contribution < 1.29 is 5.11 Å². The number of rotatable bonds is 4. The molecule has 1 saturated heterocycles. The third-order valence-corrected chi connectivity index (χ3v) is 4.64. The number of hydrogen-bond donors (Lipinski definition) is 2. The van der Waals surface area contributed by atoms with Crippen LogP contribution in [0.5, 0.6) is 0 Å². The molecule has 2 aliphatic rings. The van der Waals surface area contributed by atoms with Gasteiger partial charge in [0.05, 0.1) is 6.61 Å². The van der Waals surface area contributed by atoms with Crippen LogP contribution in [0.3, 0.4) is 0 Å². The van der Waals surface area contributed by atoms with Crippen LogP contribution in [-0.2, 0) is 0 Å². The second-order valence-corrected chi connectivity index (χ2v) is 6.72. The zero-order valence-electron chi connectivity index (χ0n) is 11.4. The normalized spacial score (nSPS) is 29.6. The Balaban J connectivity index is 1.94. The summed E-state index contributed by atoms with van der Waals surface area (Å²) in [5, 5.41) is 9.63. The van der Waals surface area contributed by atoms with Crippen molar-refractivity contribution in [2.45, 2.75) is 58.0 Å². The van der Waals surface area contributed by atoms with E-state index >= 15 is 0 Å². The van der Waals surface area contributed by atoms with E-state index in [9.17, 15) is 5.11 Å². The van der Waals surface area contributed by atoms with Gasteiger partial charge in [-0.2, -0.15) is 0 Å². The summed E-state index contributed by atoms with van der Waals surface area (Å²) in [6.45, 7) is 7.13. The first-order chi connectivity index (χ1) is 8.03. The molecule has 0 radical (unpaired) electrons. The van der Waals surface area contributed by atoms with Crippen LogP contribution in [-0.4, -0.2) is 41.8 Å². The van der Waals surface area contributed by atoms with E-state index in [1.165, 1.54) is 32.1 Å². The molecule has 3 heteroatoms. The van der Waals surface area contributed by atoms with Crippen molar-refractivity contribution >= 4 is 0 Å². The first-order valence-electron chi connectivity index (χ1n) is 7.14. The van der Waals surface area contributed by atoms with E-state index in [-0.39, 0.29) is 18.7 Å². The van der Waals surface area contributed by atoms with Crippen LogP contribution in [0, 0.1) is 11.3 Å². The van der Waals surface area contributed by atoms with Crippen molar-refractivity contribution in [2.75, 3.05) is 19.7 Å². The van der Waals surface area contributed by atoms with Crippen LogP contribution in [0.2, 0.25) is 0 Å². The van der Waals surface area contributed by atoms with E-state index in [4.69, 9.17) is 5.73 Å². The first kappa shape index (κ1) is 13.3. The molecule has 0 bridgehead atoms. The molecule has 3 N–H and O–H groups in total. The van der Waals surface area contributed by atoms with E-state index in [1.807, 2.05) is 0 Å². The fourth-order valence-corrected chi connectivity index (χ4v) is 3.05. The average Bonchev–Trinajstić information content (AvgIpc) is 3.08. The fourth-order valence-electron chi connectivity index (χ4n) is 3.05. The van der Waals surface area contributed by atoms with Crippen LogP contribution in [0.4, 0.5) is 0 Å². The summed E-state index contributed by atoms with van der Waals surface area (Å²) >= 11 is 0. The molecule has 2 rings (SSSR count). The van der Waals surface area contributed by atoms with Gasteiger partial charge in [-0.15, -0.1) is 0 Å². The second-order valence-electron chi connectivity index (χ2n) is 6.72. The highest BCUT2D eigenvalue weighted by Gasteiger charge is 2.37. The molecule has 2 unspecified atom stereocenters. The molecule has 0 aromatic rings. The van der Waals surface area contributed by atoms with Crippen LogP contribution < -0.4 is 5.73 Å². The third kappa shape index (κ3) is 3.43. The van der Waals surface area contributed by atoms with Crippen molar-refractivity contribution in [3.8, 4) is 0 Å². The standard InChI is InChI=1S/C14H28N2O/c1-14(2)6-3-8-16(9-7-14)12(10-17)13(15)11-4-5-11/h11-13,17H,3-10,15H2,1-2H3. The van der Waals surface area contributed by atoms with Crippen molar-refractivity contribution in [3.63, 3.8) is 0 Å². The van der Waals surface area contributed by atoms with Gasteiger partial charge in [-0.25, -0.2) is 0 Å². The van der Waals surface area contributed by atoms with Gasteiger partial charge in [-0.3, -0.25) is 4.90 Å². The van der Waals surface area contributed by atoms with Gasteiger partial charge in [0.2, 0.25) is 0 Å². The molecule has 1 saturated carbocycles. The lowest BCUT2D eigenvalue weighted by Gasteiger charge is -2.34. The molecular formula is C14H28N2O. The number of likely N-dealkylation sites (tertiary alicyclic amines) is 1. The molecule has 0 amide bonds. The SMILES string of the molecule is CC1(C)CCCN(C(CO)C(N)C2CC2)CC1. The summed E-state index contributed by atoms with van der Waals surface area (Å²) < 4.78 is 0. The predicted octanol–water partition coefficient (Wildman–Crippen LogP) is 1.60. The van der Waals surface area contributed by atoms with Crippen molar-refractivity contribution in [1.29, 1.82) is 0 Å². The van der Waals surface area contributed by atoms with E-state index in [1.54, 1.807) is 0 Å². The number of aliphatic hydroxyl groups is 1. The molecule has 17 heavy (non-hydrogen) atoms. The van der Waals surface area contributed by atoms with Crippen molar-refractivity contribution in [3.05, 3.63) is 0 Å². The van der Waals surface area contributed by atoms with E-state index in [0.29, 0.717) is 11.3 Å². The van der Waals surface area contributed by atoms with Gasteiger partial charge in [0.25, 0.3) is 0 Å². The molecular weight excluding hydrogens is 212 g/mol. The molecule has 1 aliphatic carbocycles. The first-order valence-corrected chi connectivity index (χ1v) is 7.14. The van der Waals surface area contributed by atoms with Gasteiger partial charge >= 0.3 is 0 Å². The minimum absolute atomic E-state index is 0.182. The summed E-state index contributed by atoms with van der Waals surface area (Å²) in [7, 11) is 0. The lowest BCUT2D eigenvalue weighted by Crippen LogP contribution is -2.51. The maximum absolute atomic E-state index is 9.63.